The number of aromatic nitrogens is 8. The third kappa shape index (κ3) is 3.45. The van der Waals surface area contributed by atoms with Crippen LogP contribution in [0.15, 0.2) is 52.6 Å². The third-order valence-corrected chi connectivity index (χ3v) is 5.91. The number of H-pyrrole nitrogens is 2. The Bertz CT molecular complexity index is 1680. The van der Waals surface area contributed by atoms with Gasteiger partial charge in [0.25, 0.3) is 5.56 Å². The Morgan fingerprint density at radius 3 is 2.76 bits per heavy atom. The lowest BCUT2D eigenvalue weighted by Crippen LogP contribution is -2.23. The molecule has 2 N–H and O–H groups in total. The predicted molar refractivity (Wildman–Crippen MR) is 113 cm³/mol. The van der Waals surface area contributed by atoms with E-state index in [9.17, 15) is 22.8 Å². The molecule has 0 aliphatic heterocycles. The zero-order valence-electron chi connectivity index (χ0n) is 17.2. The van der Waals surface area contributed by atoms with Crippen LogP contribution in [0.5, 0.6) is 0 Å². The smallest absolute Gasteiger partial charge is 0.313 e. The first-order valence-corrected chi connectivity index (χ1v) is 10.3. The van der Waals surface area contributed by atoms with Crippen LogP contribution >= 0.6 is 0 Å². The summed E-state index contributed by atoms with van der Waals surface area (Å²) in [5.74, 6) is -0.0786. The average Bonchev–Trinajstić information content (AvgIpc) is 3.26. The van der Waals surface area contributed by atoms with Gasteiger partial charge < -0.3 is 4.98 Å². The highest BCUT2D eigenvalue weighted by Crippen LogP contribution is 2.54. The molecule has 0 amide bonds. The number of alkyl halides is 3. The van der Waals surface area contributed by atoms with E-state index >= 15 is 0 Å². The molecule has 1 aliphatic rings. The van der Waals surface area contributed by atoms with Gasteiger partial charge in [0.15, 0.2) is 5.65 Å². The van der Waals surface area contributed by atoms with Crippen molar-refractivity contribution in [3.63, 3.8) is 0 Å². The number of hydrogen-bond donors (Lipinski definition) is 2. The summed E-state index contributed by atoms with van der Waals surface area (Å²) in [6.07, 6.45) is 2.11. The molecule has 0 saturated heterocycles. The van der Waals surface area contributed by atoms with Crippen molar-refractivity contribution in [1.29, 1.82) is 0 Å². The summed E-state index contributed by atoms with van der Waals surface area (Å²) in [6.45, 7) is -1.18. The van der Waals surface area contributed by atoms with Crippen molar-refractivity contribution in [2.24, 2.45) is 0 Å². The van der Waals surface area contributed by atoms with Gasteiger partial charge in [0.2, 0.25) is 0 Å². The Morgan fingerprint density at radius 2 is 1.97 bits per heavy atom. The number of nitrogens with one attached hydrogen (secondary N) is 2. The molecule has 2 atom stereocenters. The fraction of sp³-hybridized carbons (Fsp3) is 0.238. The van der Waals surface area contributed by atoms with Gasteiger partial charge in [0.1, 0.15) is 6.54 Å². The maximum Gasteiger partial charge on any atom is 0.408 e. The minimum atomic E-state index is -4.39. The normalized spacial score (nSPS) is 18.1. The Morgan fingerprint density at radius 1 is 1.12 bits per heavy atom. The van der Waals surface area contributed by atoms with Crippen molar-refractivity contribution in [2.45, 2.75) is 31.0 Å². The lowest BCUT2D eigenvalue weighted by Gasteiger charge is -2.09. The first kappa shape index (κ1) is 20.3. The average molecular weight is 468 g/mol. The largest absolute Gasteiger partial charge is 0.408 e. The Kier molecular flexibility index (Phi) is 4.25. The fourth-order valence-electron chi connectivity index (χ4n) is 4.27. The highest BCUT2D eigenvalue weighted by atomic mass is 19.4. The van der Waals surface area contributed by atoms with Gasteiger partial charge in [-0.15, -0.1) is 0 Å². The molecular formula is C21H15F3N8O2. The summed E-state index contributed by atoms with van der Waals surface area (Å²) in [5.41, 5.74) is 1.72. The highest BCUT2D eigenvalue weighted by molar-refractivity contribution is 5.78. The van der Waals surface area contributed by atoms with Crippen LogP contribution in [0.2, 0.25) is 0 Å². The predicted octanol–water partition coefficient (Wildman–Crippen LogP) is 2.35. The van der Waals surface area contributed by atoms with E-state index in [0.29, 0.717) is 34.4 Å². The summed E-state index contributed by atoms with van der Waals surface area (Å²) < 4.78 is 41.3. The number of hydrogen-bond acceptors (Lipinski definition) is 6. The van der Waals surface area contributed by atoms with E-state index in [2.05, 4.69) is 30.1 Å². The molecule has 5 aromatic heterocycles. The zero-order chi connectivity index (χ0) is 23.6. The van der Waals surface area contributed by atoms with Crippen LogP contribution in [0, 0.1) is 0 Å². The monoisotopic (exact) mass is 468 g/mol. The second-order valence-corrected chi connectivity index (χ2v) is 8.19. The highest BCUT2D eigenvalue weighted by Gasteiger charge is 2.43. The first-order valence-electron chi connectivity index (χ1n) is 10.3. The number of halogens is 3. The SMILES string of the molecule is O=c1[nH]cc(-c2cc([C@H]3C[C@@H]3c3cc4c(cn3)cnn4CC(F)(F)F)n3nccc3n2)c(=O)[nH]1. The molecule has 34 heavy (non-hydrogen) atoms. The second kappa shape index (κ2) is 7.10. The van der Waals surface area contributed by atoms with Crippen molar-refractivity contribution in [3.05, 3.63) is 75.2 Å². The van der Waals surface area contributed by atoms with Crippen LogP contribution in [0.3, 0.4) is 0 Å². The number of pyridine rings is 1. The van der Waals surface area contributed by atoms with Crippen LogP contribution < -0.4 is 11.2 Å². The standard InChI is InChI=1S/C21H15F3N8O2/c22-21(23,24)9-31-16-4-14(25-6-10(16)7-28-31)11-3-12(11)17-5-15(29-18-1-2-27-32(17)18)13-8-26-20(34)30-19(13)33/h1-2,4-8,11-12H,3,9H2,(H2,26,30,33,34)/t11-,12-/m0/s1. The second-order valence-electron chi connectivity index (χ2n) is 8.19. The zero-order valence-corrected chi connectivity index (χ0v) is 17.2. The van der Waals surface area contributed by atoms with Crippen molar-refractivity contribution >= 4 is 16.6 Å². The lowest BCUT2D eigenvalue weighted by molar-refractivity contribution is -0.141. The van der Waals surface area contributed by atoms with Crippen LogP contribution in [0.1, 0.15) is 29.6 Å². The van der Waals surface area contributed by atoms with Crippen LogP contribution in [-0.2, 0) is 6.54 Å². The number of nitrogens with zero attached hydrogens (tertiary/aromatic N) is 6. The molecule has 172 valence electrons. The van der Waals surface area contributed by atoms with E-state index in [1.54, 1.807) is 28.9 Å². The van der Waals surface area contributed by atoms with Crippen LogP contribution in [0.25, 0.3) is 27.8 Å². The van der Waals surface area contributed by atoms with Gasteiger partial charge in [-0.2, -0.15) is 23.4 Å². The quantitative estimate of drug-likeness (QED) is 0.417. The fourth-order valence-corrected chi connectivity index (χ4v) is 4.27. The summed E-state index contributed by atoms with van der Waals surface area (Å²) in [7, 11) is 0. The molecule has 0 bridgehead atoms. The summed E-state index contributed by atoms with van der Waals surface area (Å²) in [5, 5.41) is 8.71. The van der Waals surface area contributed by atoms with Crippen LogP contribution in [0.4, 0.5) is 13.2 Å². The molecule has 0 unspecified atom stereocenters. The van der Waals surface area contributed by atoms with Gasteiger partial charge in [0, 0.05) is 41.4 Å². The molecule has 5 heterocycles. The first-order chi connectivity index (χ1) is 16.3. The Balaban J connectivity index is 1.39. The van der Waals surface area contributed by atoms with E-state index in [4.69, 9.17) is 0 Å². The number of rotatable bonds is 4. The van der Waals surface area contributed by atoms with E-state index in [-0.39, 0.29) is 17.4 Å². The minimum Gasteiger partial charge on any atom is -0.313 e. The molecule has 13 heteroatoms. The van der Waals surface area contributed by atoms with Gasteiger partial charge in [-0.05, 0) is 18.6 Å². The minimum absolute atomic E-state index is 0.0325. The van der Waals surface area contributed by atoms with E-state index < -0.39 is 24.0 Å². The van der Waals surface area contributed by atoms with Crippen LogP contribution in [-0.4, -0.2) is 45.5 Å². The third-order valence-electron chi connectivity index (χ3n) is 5.91. The van der Waals surface area contributed by atoms with Crippen molar-refractivity contribution in [1.82, 2.24) is 39.3 Å². The number of fused-ring (bicyclic) bond motifs is 2. The Labute approximate surface area is 187 Å². The lowest BCUT2D eigenvalue weighted by atomic mass is 10.1. The summed E-state index contributed by atoms with van der Waals surface area (Å²) in [4.78, 5) is 37.2. The summed E-state index contributed by atoms with van der Waals surface area (Å²) in [6, 6.07) is 5.08. The van der Waals surface area contributed by atoms with Gasteiger partial charge in [-0.3, -0.25) is 19.4 Å². The molecular weight excluding hydrogens is 453 g/mol. The maximum absolute atomic E-state index is 12.9. The van der Waals surface area contributed by atoms with Gasteiger partial charge >= 0.3 is 11.9 Å². The Hall–Kier alpha value is -4.29. The topological polar surface area (TPSA) is 127 Å². The van der Waals surface area contributed by atoms with Gasteiger partial charge in [0.05, 0.1) is 34.9 Å². The molecule has 1 aliphatic carbocycles. The van der Waals surface area contributed by atoms with Crippen molar-refractivity contribution in [3.8, 4) is 11.3 Å². The summed E-state index contributed by atoms with van der Waals surface area (Å²) >= 11 is 0. The van der Waals surface area contributed by atoms with Crippen molar-refractivity contribution in [2.75, 3.05) is 0 Å². The molecule has 0 radical (unpaired) electrons. The van der Waals surface area contributed by atoms with E-state index in [0.717, 1.165) is 10.4 Å². The van der Waals surface area contributed by atoms with Crippen molar-refractivity contribution < 1.29 is 13.2 Å². The van der Waals surface area contributed by atoms with E-state index in [1.165, 1.54) is 18.6 Å². The molecule has 5 aromatic rings. The molecule has 1 fully saturated rings. The van der Waals surface area contributed by atoms with E-state index in [1.807, 2.05) is 0 Å². The number of aromatic amines is 2. The molecule has 0 aromatic carbocycles. The molecule has 0 spiro atoms. The maximum atomic E-state index is 12.9. The molecule has 1 saturated carbocycles. The van der Waals surface area contributed by atoms with Gasteiger partial charge in [-0.1, -0.05) is 0 Å². The molecule has 6 rings (SSSR count). The van der Waals surface area contributed by atoms with Gasteiger partial charge in [-0.25, -0.2) is 14.3 Å². The molecule has 10 nitrogen and oxygen atoms in total.